The SMILES string of the molecule is COc1cc(Cl)c(C=O)cc1O.COc1cc(Cl)c(C=O)cc1OC. The highest BCUT2D eigenvalue weighted by atomic mass is 35.5. The number of rotatable bonds is 5. The lowest BCUT2D eigenvalue weighted by molar-refractivity contribution is 0.111. The molecule has 0 aromatic heterocycles. The minimum absolute atomic E-state index is 0.0935. The van der Waals surface area contributed by atoms with E-state index in [2.05, 4.69) is 0 Å². The Kier molecular flexibility index (Phi) is 8.04. The Morgan fingerprint density at radius 1 is 0.760 bits per heavy atom. The molecule has 2 aromatic carbocycles. The van der Waals surface area contributed by atoms with Gasteiger partial charge in [0.05, 0.1) is 31.4 Å². The number of phenols is 1. The summed E-state index contributed by atoms with van der Waals surface area (Å²) in [5.41, 5.74) is 0.634. The molecule has 8 heteroatoms. The van der Waals surface area contributed by atoms with E-state index in [9.17, 15) is 14.7 Å². The number of methoxy groups -OCH3 is 3. The van der Waals surface area contributed by atoms with Crippen LogP contribution in [-0.2, 0) is 0 Å². The predicted octanol–water partition coefficient (Wildman–Crippen LogP) is 4.04. The maximum atomic E-state index is 10.5. The fourth-order valence-electron chi connectivity index (χ4n) is 1.77. The van der Waals surface area contributed by atoms with Crippen LogP contribution in [0.4, 0.5) is 0 Å². The van der Waals surface area contributed by atoms with Crippen LogP contribution in [0, 0.1) is 0 Å². The van der Waals surface area contributed by atoms with Gasteiger partial charge in [-0.15, -0.1) is 0 Å². The zero-order valence-corrected chi connectivity index (χ0v) is 15.2. The molecule has 0 aliphatic rings. The zero-order chi connectivity index (χ0) is 19.0. The number of carbonyl (C=O) groups excluding carboxylic acids is 2. The molecular formula is C17H16Cl2O6. The first kappa shape index (κ1) is 20.6. The molecule has 0 amide bonds. The van der Waals surface area contributed by atoms with Gasteiger partial charge in [-0.25, -0.2) is 0 Å². The molecule has 0 atom stereocenters. The van der Waals surface area contributed by atoms with Gasteiger partial charge in [-0.05, 0) is 12.1 Å². The highest BCUT2D eigenvalue weighted by molar-refractivity contribution is 6.33. The second kappa shape index (κ2) is 9.76. The van der Waals surface area contributed by atoms with E-state index >= 15 is 0 Å². The molecular weight excluding hydrogens is 371 g/mol. The second-order valence-electron chi connectivity index (χ2n) is 4.51. The first-order valence-electron chi connectivity index (χ1n) is 6.80. The summed E-state index contributed by atoms with van der Waals surface area (Å²) in [6, 6.07) is 5.73. The average Bonchev–Trinajstić information content (AvgIpc) is 2.63. The van der Waals surface area contributed by atoms with Crippen molar-refractivity contribution in [3.63, 3.8) is 0 Å². The van der Waals surface area contributed by atoms with Gasteiger partial charge in [0.25, 0.3) is 0 Å². The van der Waals surface area contributed by atoms with Crippen molar-refractivity contribution in [3.8, 4) is 23.0 Å². The zero-order valence-electron chi connectivity index (χ0n) is 13.7. The molecule has 0 radical (unpaired) electrons. The molecule has 0 fully saturated rings. The second-order valence-corrected chi connectivity index (χ2v) is 5.32. The van der Waals surface area contributed by atoms with Crippen LogP contribution in [0.2, 0.25) is 10.0 Å². The molecule has 0 aliphatic heterocycles. The summed E-state index contributed by atoms with van der Waals surface area (Å²) in [7, 11) is 4.42. The van der Waals surface area contributed by atoms with Crippen molar-refractivity contribution in [1.82, 2.24) is 0 Å². The summed E-state index contributed by atoms with van der Waals surface area (Å²) >= 11 is 11.4. The number of ether oxygens (including phenoxy) is 3. The molecule has 0 spiro atoms. The van der Waals surface area contributed by atoms with E-state index in [-0.39, 0.29) is 22.1 Å². The summed E-state index contributed by atoms with van der Waals surface area (Å²) in [6.45, 7) is 0. The molecule has 0 unspecified atom stereocenters. The van der Waals surface area contributed by atoms with Crippen molar-refractivity contribution in [2.24, 2.45) is 0 Å². The number of hydrogen-bond acceptors (Lipinski definition) is 6. The van der Waals surface area contributed by atoms with Gasteiger partial charge in [0, 0.05) is 23.3 Å². The lowest BCUT2D eigenvalue weighted by atomic mass is 10.2. The Hall–Kier alpha value is -2.44. The van der Waals surface area contributed by atoms with Crippen LogP contribution in [0.5, 0.6) is 23.0 Å². The summed E-state index contributed by atoms with van der Waals surface area (Å²) in [6.07, 6.45) is 1.24. The molecule has 2 aromatic rings. The number of halogens is 2. The fraction of sp³-hybridized carbons (Fsp3) is 0.176. The maximum absolute atomic E-state index is 10.5. The molecule has 0 bridgehead atoms. The van der Waals surface area contributed by atoms with Crippen molar-refractivity contribution in [3.05, 3.63) is 45.4 Å². The molecule has 2 rings (SSSR count). The van der Waals surface area contributed by atoms with Crippen molar-refractivity contribution in [2.75, 3.05) is 21.3 Å². The number of aromatic hydroxyl groups is 1. The Bertz CT molecular complexity index is 761. The summed E-state index contributed by atoms with van der Waals surface area (Å²) < 4.78 is 14.8. The molecule has 25 heavy (non-hydrogen) atoms. The van der Waals surface area contributed by atoms with Crippen molar-refractivity contribution >= 4 is 35.8 Å². The quantitative estimate of drug-likeness (QED) is 0.780. The Balaban J connectivity index is 0.000000251. The van der Waals surface area contributed by atoms with Crippen molar-refractivity contribution < 1.29 is 28.9 Å². The topological polar surface area (TPSA) is 82.1 Å². The largest absolute Gasteiger partial charge is 0.504 e. The van der Waals surface area contributed by atoms with Crippen LogP contribution in [-0.4, -0.2) is 39.0 Å². The summed E-state index contributed by atoms with van der Waals surface area (Å²) in [5.74, 6) is 1.17. The molecule has 1 N–H and O–H groups in total. The van der Waals surface area contributed by atoms with Gasteiger partial charge in [0.1, 0.15) is 0 Å². The van der Waals surface area contributed by atoms with Crippen LogP contribution < -0.4 is 14.2 Å². The lowest BCUT2D eigenvalue weighted by Gasteiger charge is -2.08. The number of carbonyl (C=O) groups is 2. The highest BCUT2D eigenvalue weighted by Gasteiger charge is 2.08. The summed E-state index contributed by atoms with van der Waals surface area (Å²) in [5, 5.41) is 9.82. The van der Waals surface area contributed by atoms with Gasteiger partial charge in [0.2, 0.25) is 0 Å². The molecule has 0 heterocycles. The van der Waals surface area contributed by atoms with Gasteiger partial charge in [-0.2, -0.15) is 0 Å². The molecule has 0 saturated carbocycles. The van der Waals surface area contributed by atoms with E-state index in [1.165, 1.54) is 39.5 Å². The van der Waals surface area contributed by atoms with Gasteiger partial charge in [-0.3, -0.25) is 9.59 Å². The molecule has 6 nitrogen and oxygen atoms in total. The number of aldehydes is 2. The van der Waals surface area contributed by atoms with E-state index in [1.54, 1.807) is 6.07 Å². The minimum atomic E-state index is -0.0935. The molecule has 134 valence electrons. The minimum Gasteiger partial charge on any atom is -0.504 e. The smallest absolute Gasteiger partial charge is 0.162 e. The van der Waals surface area contributed by atoms with Crippen LogP contribution in [0.1, 0.15) is 20.7 Å². The number of phenolic OH excluding ortho intramolecular Hbond substituents is 1. The average molecular weight is 387 g/mol. The van der Waals surface area contributed by atoms with Crippen molar-refractivity contribution in [1.29, 1.82) is 0 Å². The first-order chi connectivity index (χ1) is 11.9. The third kappa shape index (κ3) is 5.27. The number of hydrogen-bond donors (Lipinski definition) is 1. The van der Waals surface area contributed by atoms with Crippen LogP contribution >= 0.6 is 23.2 Å². The number of benzene rings is 2. The van der Waals surface area contributed by atoms with Crippen LogP contribution in [0.3, 0.4) is 0 Å². The third-order valence-electron chi connectivity index (χ3n) is 3.05. The van der Waals surface area contributed by atoms with E-state index in [0.29, 0.717) is 34.7 Å². The monoisotopic (exact) mass is 386 g/mol. The van der Waals surface area contributed by atoms with Gasteiger partial charge in [0.15, 0.2) is 35.6 Å². The van der Waals surface area contributed by atoms with Crippen LogP contribution in [0.25, 0.3) is 0 Å². The third-order valence-corrected chi connectivity index (χ3v) is 3.71. The maximum Gasteiger partial charge on any atom is 0.162 e. The Morgan fingerprint density at radius 2 is 1.16 bits per heavy atom. The van der Waals surface area contributed by atoms with Gasteiger partial charge in [-0.1, -0.05) is 23.2 Å². The Labute approximate surface area is 154 Å². The molecule has 0 saturated heterocycles. The van der Waals surface area contributed by atoms with Gasteiger partial charge < -0.3 is 19.3 Å². The van der Waals surface area contributed by atoms with Gasteiger partial charge >= 0.3 is 0 Å². The van der Waals surface area contributed by atoms with E-state index in [4.69, 9.17) is 37.4 Å². The van der Waals surface area contributed by atoms with E-state index < -0.39 is 0 Å². The fourth-order valence-corrected chi connectivity index (χ4v) is 2.17. The Morgan fingerprint density at radius 3 is 1.60 bits per heavy atom. The van der Waals surface area contributed by atoms with E-state index in [0.717, 1.165) is 0 Å². The lowest BCUT2D eigenvalue weighted by Crippen LogP contribution is -1.92. The molecule has 0 aliphatic carbocycles. The first-order valence-corrected chi connectivity index (χ1v) is 7.55. The van der Waals surface area contributed by atoms with E-state index in [1.807, 2.05) is 0 Å². The predicted molar refractivity (Wildman–Crippen MR) is 95.0 cm³/mol. The highest BCUT2D eigenvalue weighted by Crippen LogP contribution is 2.32. The van der Waals surface area contributed by atoms with Crippen molar-refractivity contribution in [2.45, 2.75) is 0 Å². The normalized spacial score (nSPS) is 9.48. The standard InChI is InChI=1S/C9H9ClO3.C8H7ClO3/c1-12-8-3-6(5-11)7(10)4-9(8)13-2;1-12-8-3-6(9)5(4-10)2-7(8)11/h3-5H,1-2H3;2-4,11H,1H3. The van der Waals surface area contributed by atoms with Crippen LogP contribution in [0.15, 0.2) is 24.3 Å². The summed E-state index contributed by atoms with van der Waals surface area (Å²) in [4.78, 5) is 20.9.